The molecular formula is C15H13ClF3N3. The monoisotopic (exact) mass is 327 g/mol. The molecule has 0 aromatic carbocycles. The molecule has 1 aliphatic rings. The minimum absolute atomic E-state index is 0.00514. The van der Waals surface area contributed by atoms with E-state index in [0.29, 0.717) is 18.8 Å². The quantitative estimate of drug-likeness (QED) is 0.794. The van der Waals surface area contributed by atoms with E-state index in [9.17, 15) is 13.2 Å². The molecule has 116 valence electrons. The zero-order valence-electron chi connectivity index (χ0n) is 11.5. The normalized spacial score (nSPS) is 15.2. The van der Waals surface area contributed by atoms with Gasteiger partial charge in [-0.1, -0.05) is 11.6 Å². The summed E-state index contributed by atoms with van der Waals surface area (Å²) in [6.07, 6.45) is 0.553. The second kappa shape index (κ2) is 6.12. The van der Waals surface area contributed by atoms with E-state index < -0.39 is 12.2 Å². The molecule has 1 aliphatic heterocycles. The van der Waals surface area contributed by atoms with Crippen molar-refractivity contribution in [2.75, 3.05) is 18.0 Å². The third-order valence-corrected chi connectivity index (χ3v) is 3.88. The Labute approximate surface area is 130 Å². The van der Waals surface area contributed by atoms with Crippen molar-refractivity contribution in [1.82, 2.24) is 9.97 Å². The van der Waals surface area contributed by atoms with Gasteiger partial charge in [0.2, 0.25) is 6.43 Å². The summed E-state index contributed by atoms with van der Waals surface area (Å²) in [6, 6.07) is 4.64. The van der Waals surface area contributed by atoms with Crippen LogP contribution in [0.25, 0.3) is 11.3 Å². The van der Waals surface area contributed by atoms with Crippen molar-refractivity contribution >= 4 is 17.3 Å². The smallest absolute Gasteiger partial charge is 0.239 e. The average molecular weight is 328 g/mol. The van der Waals surface area contributed by atoms with Crippen LogP contribution in [0.3, 0.4) is 0 Å². The Bertz CT molecular complexity index is 675. The molecule has 3 rings (SSSR count). The maximum atomic E-state index is 13.9. The number of pyridine rings is 2. The molecule has 0 aliphatic carbocycles. The fraction of sp³-hybridized carbons (Fsp3) is 0.333. The summed E-state index contributed by atoms with van der Waals surface area (Å²) < 4.78 is 38.5. The summed E-state index contributed by atoms with van der Waals surface area (Å²) in [5, 5.41) is 0.0787. The van der Waals surface area contributed by atoms with E-state index in [2.05, 4.69) is 9.97 Å². The summed E-state index contributed by atoms with van der Waals surface area (Å²) >= 11 is 5.63. The maximum Gasteiger partial charge on any atom is 0.239 e. The van der Waals surface area contributed by atoms with E-state index in [-0.39, 0.29) is 23.1 Å². The minimum atomic E-state index is -2.27. The zero-order chi connectivity index (χ0) is 15.7. The van der Waals surface area contributed by atoms with Crippen LogP contribution >= 0.6 is 11.6 Å². The third kappa shape index (κ3) is 3.16. The zero-order valence-corrected chi connectivity index (χ0v) is 12.3. The largest absolute Gasteiger partial charge is 0.371 e. The number of aromatic nitrogens is 2. The summed E-state index contributed by atoms with van der Waals surface area (Å²) in [6.45, 7) is 1.16. The van der Waals surface area contributed by atoms with E-state index in [1.807, 2.05) is 4.90 Å². The number of hydrogen-bond acceptors (Lipinski definition) is 3. The Morgan fingerprint density at radius 1 is 1.27 bits per heavy atom. The highest BCUT2D eigenvalue weighted by Gasteiger charge is 2.29. The lowest BCUT2D eigenvalue weighted by Crippen LogP contribution is -2.47. The molecule has 22 heavy (non-hydrogen) atoms. The number of hydrogen-bond donors (Lipinski definition) is 0. The Morgan fingerprint density at radius 2 is 2.05 bits per heavy atom. The van der Waals surface area contributed by atoms with Crippen LogP contribution in [-0.4, -0.2) is 29.5 Å². The molecule has 0 spiro atoms. The van der Waals surface area contributed by atoms with Crippen molar-refractivity contribution in [3.63, 3.8) is 0 Å². The standard InChI is InChI=1S/C15H13ClF3N3/c16-14-5-12(17)11(6-21-14)13-4-10(1-2-20-13)22-7-9(8-22)3-15(18)19/h1-2,4-6,9,15H,3,7-8H2. The number of alkyl halides is 2. The predicted octanol–water partition coefficient (Wildman–Crippen LogP) is 4.03. The van der Waals surface area contributed by atoms with E-state index >= 15 is 0 Å². The van der Waals surface area contributed by atoms with Crippen LogP contribution in [0.2, 0.25) is 5.15 Å². The van der Waals surface area contributed by atoms with Gasteiger partial charge in [0.1, 0.15) is 11.0 Å². The van der Waals surface area contributed by atoms with Crippen LogP contribution in [0.15, 0.2) is 30.6 Å². The van der Waals surface area contributed by atoms with Crippen molar-refractivity contribution in [3.05, 3.63) is 41.6 Å². The Hall–Kier alpha value is -1.82. The molecule has 0 saturated carbocycles. The van der Waals surface area contributed by atoms with Gasteiger partial charge in [-0.2, -0.15) is 0 Å². The van der Waals surface area contributed by atoms with Gasteiger partial charge in [-0.15, -0.1) is 0 Å². The lowest BCUT2D eigenvalue weighted by molar-refractivity contribution is 0.107. The highest BCUT2D eigenvalue weighted by atomic mass is 35.5. The first-order valence-corrected chi connectivity index (χ1v) is 7.21. The number of rotatable bonds is 4. The van der Waals surface area contributed by atoms with E-state index in [1.165, 1.54) is 6.20 Å². The fourth-order valence-corrected chi connectivity index (χ4v) is 2.69. The second-order valence-electron chi connectivity index (χ2n) is 5.28. The topological polar surface area (TPSA) is 29.0 Å². The average Bonchev–Trinajstić information content (AvgIpc) is 2.42. The van der Waals surface area contributed by atoms with E-state index in [4.69, 9.17) is 11.6 Å². The maximum absolute atomic E-state index is 13.9. The first kappa shape index (κ1) is 15.1. The molecule has 0 bridgehead atoms. The molecule has 1 saturated heterocycles. The van der Waals surface area contributed by atoms with E-state index in [1.54, 1.807) is 18.3 Å². The molecule has 2 aromatic heterocycles. The summed E-state index contributed by atoms with van der Waals surface area (Å²) in [7, 11) is 0. The highest BCUT2D eigenvalue weighted by molar-refractivity contribution is 6.29. The molecule has 0 N–H and O–H groups in total. The highest BCUT2D eigenvalue weighted by Crippen LogP contribution is 2.31. The SMILES string of the molecule is Fc1cc(Cl)ncc1-c1cc(N2CC(CC(F)F)C2)ccn1. The molecule has 3 nitrogen and oxygen atoms in total. The van der Waals surface area contributed by atoms with Gasteiger partial charge in [0.25, 0.3) is 0 Å². The minimum Gasteiger partial charge on any atom is -0.371 e. The molecule has 0 amide bonds. The van der Waals surface area contributed by atoms with E-state index in [0.717, 1.165) is 11.8 Å². The molecule has 2 aromatic rings. The van der Waals surface area contributed by atoms with Crippen LogP contribution in [0.4, 0.5) is 18.9 Å². The van der Waals surface area contributed by atoms with Crippen LogP contribution in [0, 0.1) is 11.7 Å². The molecule has 0 atom stereocenters. The van der Waals surface area contributed by atoms with Gasteiger partial charge in [-0.05, 0) is 18.1 Å². The molecule has 0 radical (unpaired) electrons. The first-order valence-electron chi connectivity index (χ1n) is 6.83. The molecule has 3 heterocycles. The van der Waals surface area contributed by atoms with Crippen molar-refractivity contribution < 1.29 is 13.2 Å². The predicted molar refractivity (Wildman–Crippen MR) is 78.8 cm³/mol. The molecule has 1 fully saturated rings. The summed E-state index contributed by atoms with van der Waals surface area (Å²) in [5.41, 5.74) is 1.54. The lowest BCUT2D eigenvalue weighted by Gasteiger charge is -2.41. The van der Waals surface area contributed by atoms with Gasteiger partial charge in [0.15, 0.2) is 0 Å². The lowest BCUT2D eigenvalue weighted by atomic mass is 9.95. The van der Waals surface area contributed by atoms with Crippen molar-refractivity contribution in [2.24, 2.45) is 5.92 Å². The van der Waals surface area contributed by atoms with Gasteiger partial charge < -0.3 is 4.90 Å². The Balaban J connectivity index is 1.76. The second-order valence-corrected chi connectivity index (χ2v) is 5.67. The van der Waals surface area contributed by atoms with Gasteiger partial charge >= 0.3 is 0 Å². The summed E-state index contributed by atoms with van der Waals surface area (Å²) in [5.74, 6) is -0.491. The first-order chi connectivity index (χ1) is 10.5. The van der Waals surface area contributed by atoms with Gasteiger partial charge in [-0.25, -0.2) is 18.2 Å². The van der Waals surface area contributed by atoms with Gasteiger partial charge in [-0.3, -0.25) is 4.98 Å². The number of nitrogens with zero attached hydrogens (tertiary/aromatic N) is 3. The molecular weight excluding hydrogens is 315 g/mol. The van der Waals surface area contributed by atoms with Crippen molar-refractivity contribution in [1.29, 1.82) is 0 Å². The molecule has 0 unspecified atom stereocenters. The molecule has 7 heteroatoms. The van der Waals surface area contributed by atoms with Crippen LogP contribution in [0.5, 0.6) is 0 Å². The Kier molecular flexibility index (Phi) is 4.20. The van der Waals surface area contributed by atoms with Crippen molar-refractivity contribution in [3.8, 4) is 11.3 Å². The fourth-order valence-electron chi connectivity index (χ4n) is 2.54. The van der Waals surface area contributed by atoms with Gasteiger partial charge in [0.05, 0.1) is 11.3 Å². The number of halogens is 4. The van der Waals surface area contributed by atoms with Crippen LogP contribution in [0.1, 0.15) is 6.42 Å². The van der Waals surface area contributed by atoms with Crippen molar-refractivity contribution in [2.45, 2.75) is 12.8 Å². The number of anilines is 1. The van der Waals surface area contributed by atoms with Gasteiger partial charge in [0, 0.05) is 43.7 Å². The van der Waals surface area contributed by atoms with Crippen LogP contribution < -0.4 is 4.90 Å². The van der Waals surface area contributed by atoms with Crippen LogP contribution in [-0.2, 0) is 0 Å². The summed E-state index contributed by atoms with van der Waals surface area (Å²) in [4.78, 5) is 9.97. The Morgan fingerprint density at radius 3 is 2.73 bits per heavy atom. The third-order valence-electron chi connectivity index (χ3n) is 3.67.